The highest BCUT2D eigenvalue weighted by molar-refractivity contribution is 6.22. The van der Waals surface area contributed by atoms with Gasteiger partial charge in [-0.25, -0.2) is 9.59 Å². The minimum absolute atomic E-state index is 0.0250. The second kappa shape index (κ2) is 10.1. The van der Waals surface area contributed by atoms with Crippen LogP contribution in [0.2, 0.25) is 0 Å². The molecule has 0 bridgehead atoms. The lowest BCUT2D eigenvalue weighted by Gasteiger charge is -2.30. The molecule has 1 aliphatic carbocycles. The van der Waals surface area contributed by atoms with E-state index in [1.807, 2.05) is 20.8 Å². The van der Waals surface area contributed by atoms with Crippen molar-refractivity contribution >= 4 is 23.6 Å². The van der Waals surface area contributed by atoms with Crippen LogP contribution in [0.1, 0.15) is 74.1 Å². The summed E-state index contributed by atoms with van der Waals surface area (Å²) in [5, 5.41) is 15.1. The summed E-state index contributed by atoms with van der Waals surface area (Å²) in [6, 6.07) is -0.940. The van der Waals surface area contributed by atoms with Gasteiger partial charge in [0, 0.05) is 25.1 Å². The molecule has 0 heterocycles. The standard InChI is InChI=1S/C22H36N2O6/c1-13(8-9-23-20(29)30-21(3,4)5)10-15(19(27)28)24-14(2)18-16(25)11-22(6,7)12-17(18)26/h13,15,24H,8-12H2,1-7H3,(H,23,29)(H,27,28)/t13?,15-/m0/s1. The first-order chi connectivity index (χ1) is 13.6. The molecule has 1 saturated carbocycles. The first kappa shape index (κ1) is 25.7. The SMILES string of the molecule is CC(N[C@@H](CC(C)CCNC(=O)OC(C)(C)C)C(=O)O)=C1C(=O)CC(C)(C)CC1=O. The maximum atomic E-state index is 12.4. The number of amides is 1. The third-order valence-electron chi connectivity index (χ3n) is 4.84. The van der Waals surface area contributed by atoms with Crippen LogP contribution in [-0.4, -0.2) is 46.9 Å². The average Bonchev–Trinajstić information content (AvgIpc) is 2.50. The molecule has 0 aliphatic heterocycles. The third kappa shape index (κ3) is 8.55. The number of hydrogen-bond donors (Lipinski definition) is 3. The highest BCUT2D eigenvalue weighted by atomic mass is 16.6. The maximum Gasteiger partial charge on any atom is 0.407 e. The van der Waals surface area contributed by atoms with E-state index in [9.17, 15) is 24.3 Å². The summed E-state index contributed by atoms with van der Waals surface area (Å²) < 4.78 is 5.17. The van der Waals surface area contributed by atoms with Crippen LogP contribution in [0.25, 0.3) is 0 Å². The average molecular weight is 425 g/mol. The van der Waals surface area contributed by atoms with Crippen molar-refractivity contribution in [2.75, 3.05) is 6.54 Å². The summed E-state index contributed by atoms with van der Waals surface area (Å²) in [4.78, 5) is 48.2. The van der Waals surface area contributed by atoms with Crippen molar-refractivity contribution in [3.05, 3.63) is 11.3 Å². The quantitative estimate of drug-likeness (QED) is 0.404. The molecule has 0 aromatic carbocycles. The molecule has 1 fully saturated rings. The molecule has 0 spiro atoms. The Kier molecular flexibility index (Phi) is 8.63. The molecule has 1 amide bonds. The molecular weight excluding hydrogens is 388 g/mol. The second-order valence-electron chi connectivity index (χ2n) is 9.96. The summed E-state index contributed by atoms with van der Waals surface area (Å²) in [6.07, 6.45) is 0.853. The Morgan fingerprint density at radius 3 is 2.17 bits per heavy atom. The van der Waals surface area contributed by atoms with Crippen molar-refractivity contribution in [2.24, 2.45) is 11.3 Å². The number of nitrogens with one attached hydrogen (secondary N) is 2. The first-order valence-corrected chi connectivity index (χ1v) is 10.3. The third-order valence-corrected chi connectivity index (χ3v) is 4.84. The smallest absolute Gasteiger partial charge is 0.407 e. The number of Topliss-reactive ketones (excluding diaryl/α,β-unsaturated/α-hetero) is 2. The molecule has 8 heteroatoms. The van der Waals surface area contributed by atoms with E-state index >= 15 is 0 Å². The number of carbonyl (C=O) groups is 4. The summed E-state index contributed by atoms with van der Waals surface area (Å²) in [7, 11) is 0. The van der Waals surface area contributed by atoms with Crippen molar-refractivity contribution in [3.8, 4) is 0 Å². The van der Waals surface area contributed by atoms with E-state index in [0.29, 0.717) is 18.7 Å². The van der Waals surface area contributed by atoms with Gasteiger partial charge in [0.25, 0.3) is 0 Å². The molecule has 8 nitrogen and oxygen atoms in total. The van der Waals surface area contributed by atoms with Gasteiger partial charge in [-0.15, -0.1) is 0 Å². The topological polar surface area (TPSA) is 122 Å². The number of allylic oxidation sites excluding steroid dienone is 2. The normalized spacial score (nSPS) is 18.4. The fraction of sp³-hybridized carbons (Fsp3) is 0.727. The van der Waals surface area contributed by atoms with Crippen molar-refractivity contribution in [1.29, 1.82) is 0 Å². The Bertz CT molecular complexity index is 696. The lowest BCUT2D eigenvalue weighted by atomic mass is 9.73. The molecule has 0 saturated heterocycles. The zero-order chi connectivity index (χ0) is 23.3. The summed E-state index contributed by atoms with van der Waals surface area (Å²) in [5.41, 5.74) is -0.561. The Hall–Kier alpha value is -2.38. The van der Waals surface area contributed by atoms with Crippen molar-refractivity contribution in [3.63, 3.8) is 0 Å². The predicted molar refractivity (Wildman–Crippen MR) is 113 cm³/mol. The Morgan fingerprint density at radius 1 is 1.17 bits per heavy atom. The van der Waals surface area contributed by atoms with Gasteiger partial charge in [-0.2, -0.15) is 0 Å². The highest BCUT2D eigenvalue weighted by Gasteiger charge is 2.37. The lowest BCUT2D eigenvalue weighted by Crippen LogP contribution is -2.40. The highest BCUT2D eigenvalue weighted by Crippen LogP contribution is 2.34. The maximum absolute atomic E-state index is 12.4. The molecule has 170 valence electrons. The fourth-order valence-corrected chi connectivity index (χ4v) is 3.49. The van der Waals surface area contributed by atoms with Gasteiger partial charge in [0.1, 0.15) is 11.6 Å². The van der Waals surface area contributed by atoms with E-state index < -0.39 is 23.7 Å². The monoisotopic (exact) mass is 424 g/mol. The molecule has 3 N–H and O–H groups in total. The Labute approximate surface area is 178 Å². The second-order valence-corrected chi connectivity index (χ2v) is 9.96. The molecule has 1 aliphatic rings. The summed E-state index contributed by atoms with van der Waals surface area (Å²) in [6.45, 7) is 12.9. The molecule has 0 aromatic rings. The zero-order valence-corrected chi connectivity index (χ0v) is 19.2. The van der Waals surface area contributed by atoms with Crippen LogP contribution in [0.15, 0.2) is 11.3 Å². The van der Waals surface area contributed by atoms with Crippen LogP contribution in [0.3, 0.4) is 0 Å². The minimum Gasteiger partial charge on any atom is -0.480 e. The van der Waals surface area contributed by atoms with Crippen LogP contribution >= 0.6 is 0 Å². The lowest BCUT2D eigenvalue weighted by molar-refractivity contribution is -0.140. The van der Waals surface area contributed by atoms with Crippen LogP contribution in [0.4, 0.5) is 4.79 Å². The number of aliphatic carboxylic acids is 1. The van der Waals surface area contributed by atoms with Gasteiger partial charge >= 0.3 is 12.1 Å². The van der Waals surface area contributed by atoms with Gasteiger partial charge in [-0.1, -0.05) is 20.8 Å². The van der Waals surface area contributed by atoms with Gasteiger partial charge in [0.05, 0.1) is 5.57 Å². The molecule has 30 heavy (non-hydrogen) atoms. The van der Waals surface area contributed by atoms with Crippen molar-refractivity contribution in [2.45, 2.75) is 85.8 Å². The van der Waals surface area contributed by atoms with Gasteiger partial charge in [0.2, 0.25) is 0 Å². The van der Waals surface area contributed by atoms with Crippen LogP contribution < -0.4 is 10.6 Å². The molecule has 0 radical (unpaired) electrons. The number of rotatable bonds is 8. The Balaban J connectivity index is 2.68. The van der Waals surface area contributed by atoms with E-state index in [1.54, 1.807) is 27.7 Å². The number of carboxylic acid groups (broad SMARTS) is 1. The van der Waals surface area contributed by atoms with Gasteiger partial charge in [0.15, 0.2) is 11.6 Å². The van der Waals surface area contributed by atoms with Gasteiger partial charge < -0.3 is 20.5 Å². The van der Waals surface area contributed by atoms with Gasteiger partial charge in [-0.3, -0.25) is 9.59 Å². The molecule has 1 unspecified atom stereocenters. The molecule has 2 atom stereocenters. The van der Waals surface area contributed by atoms with Crippen molar-refractivity contribution in [1.82, 2.24) is 10.6 Å². The van der Waals surface area contributed by atoms with Crippen molar-refractivity contribution < 1.29 is 29.0 Å². The van der Waals surface area contributed by atoms with E-state index in [0.717, 1.165) is 0 Å². The Morgan fingerprint density at radius 2 is 1.70 bits per heavy atom. The molecule has 0 aromatic heterocycles. The molecule has 1 rings (SSSR count). The van der Waals surface area contributed by atoms with Crippen LogP contribution in [0.5, 0.6) is 0 Å². The number of ether oxygens (including phenoxy) is 1. The van der Waals surface area contributed by atoms with Crippen LogP contribution in [0, 0.1) is 11.3 Å². The van der Waals surface area contributed by atoms with E-state index in [1.165, 1.54) is 0 Å². The summed E-state index contributed by atoms with van der Waals surface area (Å²) in [5.74, 6) is -1.58. The molecular formula is C22H36N2O6. The first-order valence-electron chi connectivity index (χ1n) is 10.3. The van der Waals surface area contributed by atoms with E-state index in [4.69, 9.17) is 4.74 Å². The van der Waals surface area contributed by atoms with E-state index in [2.05, 4.69) is 10.6 Å². The predicted octanol–water partition coefficient (Wildman–Crippen LogP) is 3.20. The largest absolute Gasteiger partial charge is 0.480 e. The number of alkyl carbamates (subject to hydrolysis) is 1. The van der Waals surface area contributed by atoms with Crippen LogP contribution in [-0.2, 0) is 19.1 Å². The number of hydrogen-bond acceptors (Lipinski definition) is 6. The fourth-order valence-electron chi connectivity index (χ4n) is 3.49. The summed E-state index contributed by atoms with van der Waals surface area (Å²) >= 11 is 0. The van der Waals surface area contributed by atoms with E-state index in [-0.39, 0.29) is 47.7 Å². The minimum atomic E-state index is -1.06. The number of ketones is 2. The zero-order valence-electron chi connectivity index (χ0n) is 19.2. The number of carbonyl (C=O) groups excluding carboxylic acids is 3. The van der Waals surface area contributed by atoms with Gasteiger partial charge in [-0.05, 0) is 51.9 Å². The number of carboxylic acids is 1.